The van der Waals surface area contributed by atoms with Gasteiger partial charge in [0.25, 0.3) is 0 Å². The molecule has 1 nitrogen and oxygen atoms in total. The van der Waals surface area contributed by atoms with E-state index in [2.05, 4.69) is 85.1 Å². The molecule has 0 aromatic heterocycles. The Bertz CT molecular complexity index is 462. The summed E-state index contributed by atoms with van der Waals surface area (Å²) in [7, 11) is 0. The first-order valence-electron chi connectivity index (χ1n) is 7.36. The summed E-state index contributed by atoms with van der Waals surface area (Å²) in [5.41, 5.74) is 2.65. The van der Waals surface area contributed by atoms with Crippen molar-refractivity contribution in [2.24, 2.45) is 0 Å². The number of nitrogens with one attached hydrogen (secondary N) is 1. The molecule has 2 rings (SSSR count). The molecule has 1 N–H and O–H groups in total. The fraction of sp³-hybridized carbons (Fsp3) is 0.263. The van der Waals surface area contributed by atoms with Crippen molar-refractivity contribution in [3.05, 3.63) is 83.9 Å². The smallest absolute Gasteiger partial charge is 0.0576 e. The van der Waals surface area contributed by atoms with Crippen molar-refractivity contribution < 1.29 is 0 Å². The van der Waals surface area contributed by atoms with E-state index in [1.165, 1.54) is 17.5 Å². The van der Waals surface area contributed by atoms with Crippen LogP contribution in [-0.2, 0) is 0 Å². The van der Waals surface area contributed by atoms with Crippen LogP contribution in [0.1, 0.15) is 36.9 Å². The monoisotopic (exact) mass is 265 g/mol. The highest BCUT2D eigenvalue weighted by molar-refractivity contribution is 5.31. The van der Waals surface area contributed by atoms with E-state index >= 15 is 0 Å². The van der Waals surface area contributed by atoms with Crippen molar-refractivity contribution in [1.29, 1.82) is 0 Å². The van der Waals surface area contributed by atoms with Crippen molar-refractivity contribution in [2.75, 3.05) is 6.54 Å². The van der Waals surface area contributed by atoms with Gasteiger partial charge in [0.2, 0.25) is 0 Å². The van der Waals surface area contributed by atoms with Gasteiger partial charge in [-0.25, -0.2) is 0 Å². The Morgan fingerprint density at radius 3 is 1.95 bits per heavy atom. The summed E-state index contributed by atoms with van der Waals surface area (Å²) in [6.07, 6.45) is 6.65. The summed E-state index contributed by atoms with van der Waals surface area (Å²) in [5.74, 6) is 0. The molecule has 0 saturated heterocycles. The average molecular weight is 265 g/mol. The third kappa shape index (κ3) is 4.36. The van der Waals surface area contributed by atoms with E-state index < -0.39 is 0 Å². The summed E-state index contributed by atoms with van der Waals surface area (Å²) in [6, 6.07) is 21.6. The maximum Gasteiger partial charge on any atom is 0.0576 e. The molecule has 0 bridgehead atoms. The quantitative estimate of drug-likeness (QED) is 0.564. The number of unbranched alkanes of at least 4 members (excludes halogenated alkanes) is 1. The summed E-state index contributed by atoms with van der Waals surface area (Å²) < 4.78 is 0. The number of hydrogen-bond acceptors (Lipinski definition) is 1. The van der Waals surface area contributed by atoms with E-state index in [0.717, 1.165) is 13.0 Å². The second kappa shape index (κ2) is 8.34. The van der Waals surface area contributed by atoms with Gasteiger partial charge in [0.15, 0.2) is 0 Å². The molecule has 0 atom stereocenters. The van der Waals surface area contributed by atoms with Crippen LogP contribution in [-0.4, -0.2) is 6.54 Å². The summed E-state index contributed by atoms with van der Waals surface area (Å²) in [6.45, 7) is 3.10. The SMILES string of the molecule is CC=CCCCNC(c1ccccc1)c1ccccc1. The van der Waals surface area contributed by atoms with Crippen molar-refractivity contribution in [3.63, 3.8) is 0 Å². The number of rotatable bonds is 7. The summed E-state index contributed by atoms with van der Waals surface area (Å²) in [5, 5.41) is 3.68. The molecule has 0 amide bonds. The lowest BCUT2D eigenvalue weighted by Gasteiger charge is -2.19. The molecular formula is C19H23N. The Morgan fingerprint density at radius 1 is 0.900 bits per heavy atom. The molecule has 0 spiro atoms. The first kappa shape index (κ1) is 14.5. The highest BCUT2D eigenvalue weighted by Gasteiger charge is 2.11. The predicted molar refractivity (Wildman–Crippen MR) is 86.8 cm³/mol. The van der Waals surface area contributed by atoms with Crippen LogP contribution >= 0.6 is 0 Å². The zero-order valence-corrected chi connectivity index (χ0v) is 12.1. The van der Waals surface area contributed by atoms with Gasteiger partial charge in [0.1, 0.15) is 0 Å². The Hall–Kier alpha value is -1.86. The molecule has 0 aliphatic rings. The van der Waals surface area contributed by atoms with Crippen LogP contribution in [0, 0.1) is 0 Å². The van der Waals surface area contributed by atoms with Crippen LogP contribution in [0.2, 0.25) is 0 Å². The van der Waals surface area contributed by atoms with Gasteiger partial charge in [-0.15, -0.1) is 0 Å². The average Bonchev–Trinajstić information content (AvgIpc) is 2.53. The van der Waals surface area contributed by atoms with Gasteiger partial charge < -0.3 is 5.32 Å². The largest absolute Gasteiger partial charge is 0.306 e. The van der Waals surface area contributed by atoms with Crippen molar-refractivity contribution in [3.8, 4) is 0 Å². The fourth-order valence-electron chi connectivity index (χ4n) is 2.35. The van der Waals surface area contributed by atoms with Crippen molar-refractivity contribution in [1.82, 2.24) is 5.32 Å². The van der Waals surface area contributed by atoms with Gasteiger partial charge in [-0.3, -0.25) is 0 Å². The lowest BCUT2D eigenvalue weighted by atomic mass is 9.98. The van der Waals surface area contributed by atoms with Crippen LogP contribution in [0.25, 0.3) is 0 Å². The van der Waals surface area contributed by atoms with Gasteiger partial charge in [-0.2, -0.15) is 0 Å². The number of allylic oxidation sites excluding steroid dienone is 2. The van der Waals surface area contributed by atoms with E-state index in [-0.39, 0.29) is 6.04 Å². The minimum absolute atomic E-state index is 0.281. The maximum absolute atomic E-state index is 3.68. The molecule has 0 saturated carbocycles. The zero-order valence-electron chi connectivity index (χ0n) is 12.1. The van der Waals surface area contributed by atoms with Crippen molar-refractivity contribution >= 4 is 0 Å². The van der Waals surface area contributed by atoms with Crippen LogP contribution in [0.5, 0.6) is 0 Å². The van der Waals surface area contributed by atoms with E-state index in [1.807, 2.05) is 0 Å². The first-order chi connectivity index (χ1) is 9.92. The minimum Gasteiger partial charge on any atom is -0.306 e. The predicted octanol–water partition coefficient (Wildman–Crippen LogP) is 4.72. The standard InChI is InChI=1S/C19H23N/c1-2-3-4-11-16-20-19(17-12-7-5-8-13-17)18-14-9-6-10-15-18/h2-3,5-10,12-15,19-20H,4,11,16H2,1H3. The van der Waals surface area contributed by atoms with Crippen LogP contribution in [0.4, 0.5) is 0 Å². The van der Waals surface area contributed by atoms with Crippen LogP contribution in [0.3, 0.4) is 0 Å². The molecule has 0 aliphatic heterocycles. The van der Waals surface area contributed by atoms with Crippen LogP contribution in [0.15, 0.2) is 72.8 Å². The topological polar surface area (TPSA) is 12.0 Å². The lowest BCUT2D eigenvalue weighted by Crippen LogP contribution is -2.23. The third-order valence-electron chi connectivity index (χ3n) is 3.40. The van der Waals surface area contributed by atoms with E-state index in [1.54, 1.807) is 0 Å². The molecule has 0 aliphatic carbocycles. The van der Waals surface area contributed by atoms with Crippen molar-refractivity contribution in [2.45, 2.75) is 25.8 Å². The molecular weight excluding hydrogens is 242 g/mol. The summed E-state index contributed by atoms with van der Waals surface area (Å²) in [4.78, 5) is 0. The summed E-state index contributed by atoms with van der Waals surface area (Å²) >= 11 is 0. The molecule has 2 aromatic carbocycles. The molecule has 0 heterocycles. The molecule has 2 aromatic rings. The molecule has 20 heavy (non-hydrogen) atoms. The Balaban J connectivity index is 2.05. The highest BCUT2D eigenvalue weighted by Crippen LogP contribution is 2.21. The van der Waals surface area contributed by atoms with Gasteiger partial charge in [0.05, 0.1) is 6.04 Å². The molecule has 0 fully saturated rings. The zero-order chi connectivity index (χ0) is 14.0. The number of benzene rings is 2. The highest BCUT2D eigenvalue weighted by atomic mass is 14.9. The maximum atomic E-state index is 3.68. The second-order valence-electron chi connectivity index (χ2n) is 4.92. The minimum atomic E-state index is 0.281. The van der Waals surface area contributed by atoms with Gasteiger partial charge in [-0.05, 0) is 37.4 Å². The third-order valence-corrected chi connectivity index (χ3v) is 3.40. The molecule has 1 heteroatoms. The Morgan fingerprint density at radius 2 is 1.45 bits per heavy atom. The Kier molecular flexibility index (Phi) is 6.07. The fourth-order valence-corrected chi connectivity index (χ4v) is 2.35. The first-order valence-corrected chi connectivity index (χ1v) is 7.36. The van der Waals surface area contributed by atoms with E-state index in [9.17, 15) is 0 Å². The number of hydrogen-bond donors (Lipinski definition) is 1. The Labute approximate surface area is 122 Å². The molecule has 0 unspecified atom stereocenters. The van der Waals surface area contributed by atoms with E-state index in [0.29, 0.717) is 0 Å². The van der Waals surface area contributed by atoms with Gasteiger partial charge >= 0.3 is 0 Å². The second-order valence-corrected chi connectivity index (χ2v) is 4.92. The molecule has 0 radical (unpaired) electrons. The lowest BCUT2D eigenvalue weighted by molar-refractivity contribution is 0.586. The van der Waals surface area contributed by atoms with Gasteiger partial charge in [-0.1, -0.05) is 72.8 Å². The molecule has 104 valence electrons. The van der Waals surface area contributed by atoms with Gasteiger partial charge in [0, 0.05) is 0 Å². The normalized spacial score (nSPS) is 11.3. The van der Waals surface area contributed by atoms with Crippen LogP contribution < -0.4 is 5.32 Å². The van der Waals surface area contributed by atoms with E-state index in [4.69, 9.17) is 0 Å².